The Labute approximate surface area is 136 Å². The Balaban J connectivity index is 2.68. The van der Waals surface area contributed by atoms with Gasteiger partial charge in [0.1, 0.15) is 5.56 Å². The minimum Gasteiger partial charge on any atom is -0.481 e. The number of rotatable bonds is 5. The molecule has 0 fully saturated rings. The second-order valence-electron chi connectivity index (χ2n) is 4.72. The van der Waals surface area contributed by atoms with Crippen molar-refractivity contribution in [1.29, 1.82) is 0 Å². The Morgan fingerprint density at radius 1 is 1.17 bits per heavy atom. The number of aromatic carboxylic acids is 1. The van der Waals surface area contributed by atoms with Gasteiger partial charge in [-0.3, -0.25) is 18.8 Å². The van der Waals surface area contributed by atoms with Crippen LogP contribution in [0.3, 0.4) is 0 Å². The fraction of sp³-hybridized carbons (Fsp3) is 0.143. The van der Waals surface area contributed by atoms with E-state index in [0.29, 0.717) is 0 Å². The van der Waals surface area contributed by atoms with Crippen LogP contribution in [0.15, 0.2) is 33.7 Å². The third-order valence-electron chi connectivity index (χ3n) is 3.25. The number of carboxylic acids is 3. The summed E-state index contributed by atoms with van der Waals surface area (Å²) in [4.78, 5) is 45.1. The molecule has 0 spiro atoms. The SMILES string of the molecule is O=C(O)CC(C(=O)O)c1ccn2c(=O)c(C(=O)O)cc(Br)c2c1. The summed E-state index contributed by atoms with van der Waals surface area (Å²) in [7, 11) is 0. The zero-order valence-corrected chi connectivity index (χ0v) is 13.0. The van der Waals surface area contributed by atoms with E-state index < -0.39 is 41.4 Å². The highest BCUT2D eigenvalue weighted by atomic mass is 79.9. The van der Waals surface area contributed by atoms with Crippen molar-refractivity contribution < 1.29 is 29.7 Å². The molecular formula is C14H10BrNO7. The second kappa shape index (κ2) is 6.21. The molecule has 0 amide bonds. The fourth-order valence-corrected chi connectivity index (χ4v) is 2.70. The summed E-state index contributed by atoms with van der Waals surface area (Å²) in [6.07, 6.45) is 0.614. The number of nitrogens with zero attached hydrogens (tertiary/aromatic N) is 1. The summed E-state index contributed by atoms with van der Waals surface area (Å²) in [6, 6.07) is 3.75. The molecular weight excluding hydrogens is 374 g/mol. The molecule has 0 radical (unpaired) electrons. The van der Waals surface area contributed by atoms with Crippen LogP contribution < -0.4 is 5.56 Å². The van der Waals surface area contributed by atoms with Crippen molar-refractivity contribution in [3.63, 3.8) is 0 Å². The van der Waals surface area contributed by atoms with Crippen LogP contribution in [-0.4, -0.2) is 37.6 Å². The highest BCUT2D eigenvalue weighted by molar-refractivity contribution is 9.10. The average molecular weight is 384 g/mol. The van der Waals surface area contributed by atoms with Gasteiger partial charge in [-0.25, -0.2) is 4.79 Å². The maximum atomic E-state index is 12.1. The van der Waals surface area contributed by atoms with Gasteiger partial charge in [-0.05, 0) is 39.7 Å². The Morgan fingerprint density at radius 3 is 2.35 bits per heavy atom. The van der Waals surface area contributed by atoms with Gasteiger partial charge in [0.2, 0.25) is 0 Å². The van der Waals surface area contributed by atoms with Crippen LogP contribution in [0.5, 0.6) is 0 Å². The van der Waals surface area contributed by atoms with Gasteiger partial charge in [-0.1, -0.05) is 0 Å². The van der Waals surface area contributed by atoms with Gasteiger partial charge in [0.25, 0.3) is 5.56 Å². The van der Waals surface area contributed by atoms with E-state index in [4.69, 9.17) is 15.3 Å². The van der Waals surface area contributed by atoms with Crippen molar-refractivity contribution in [2.24, 2.45) is 0 Å². The van der Waals surface area contributed by atoms with E-state index in [0.717, 1.165) is 10.5 Å². The number of carbonyl (C=O) groups is 3. The van der Waals surface area contributed by atoms with Crippen LogP contribution in [0.1, 0.15) is 28.3 Å². The molecule has 1 unspecified atom stereocenters. The van der Waals surface area contributed by atoms with E-state index in [1.54, 1.807) is 0 Å². The lowest BCUT2D eigenvalue weighted by Crippen LogP contribution is -2.23. The standard InChI is InChI=1S/C14H10BrNO7/c15-9-4-8(14(22)23)12(19)16-2-1-6(3-10(9)16)7(13(20)21)5-11(17)18/h1-4,7H,5H2,(H,17,18)(H,20,21)(H,22,23). The first-order chi connectivity index (χ1) is 10.7. The highest BCUT2D eigenvalue weighted by Gasteiger charge is 2.24. The lowest BCUT2D eigenvalue weighted by molar-refractivity contribution is -0.145. The van der Waals surface area contributed by atoms with Crippen molar-refractivity contribution in [2.75, 3.05) is 0 Å². The van der Waals surface area contributed by atoms with Crippen LogP contribution in [0.4, 0.5) is 0 Å². The zero-order valence-electron chi connectivity index (χ0n) is 11.4. The minimum atomic E-state index is -1.39. The molecule has 2 heterocycles. The van der Waals surface area contributed by atoms with Crippen LogP contribution in [-0.2, 0) is 9.59 Å². The highest BCUT2D eigenvalue weighted by Crippen LogP contribution is 2.25. The van der Waals surface area contributed by atoms with E-state index in [-0.39, 0.29) is 15.6 Å². The first kappa shape index (κ1) is 16.7. The van der Waals surface area contributed by atoms with Crippen molar-refractivity contribution in [3.05, 3.63) is 50.3 Å². The predicted octanol–water partition coefficient (Wildman–Crippen LogP) is 1.40. The van der Waals surface area contributed by atoms with E-state index in [1.807, 2.05) is 0 Å². The largest absolute Gasteiger partial charge is 0.481 e. The molecule has 0 saturated carbocycles. The monoisotopic (exact) mass is 383 g/mol. The van der Waals surface area contributed by atoms with Crippen molar-refractivity contribution >= 4 is 39.4 Å². The first-order valence-electron chi connectivity index (χ1n) is 6.25. The number of aliphatic carboxylic acids is 2. The van der Waals surface area contributed by atoms with Gasteiger partial charge < -0.3 is 15.3 Å². The van der Waals surface area contributed by atoms with Gasteiger partial charge in [0.15, 0.2) is 0 Å². The number of halogens is 1. The normalized spacial score (nSPS) is 12.0. The number of aromatic nitrogens is 1. The van der Waals surface area contributed by atoms with Crippen LogP contribution >= 0.6 is 15.9 Å². The molecule has 0 aliphatic rings. The summed E-state index contributed by atoms with van der Waals surface area (Å²) in [5, 5.41) is 27.0. The van der Waals surface area contributed by atoms with Gasteiger partial charge in [0, 0.05) is 10.7 Å². The molecule has 2 aromatic rings. The van der Waals surface area contributed by atoms with E-state index in [1.165, 1.54) is 18.3 Å². The summed E-state index contributed by atoms with van der Waals surface area (Å²) >= 11 is 3.13. The molecule has 2 rings (SSSR count). The van der Waals surface area contributed by atoms with Crippen molar-refractivity contribution in [2.45, 2.75) is 12.3 Å². The maximum Gasteiger partial charge on any atom is 0.341 e. The van der Waals surface area contributed by atoms with Crippen LogP contribution in [0.2, 0.25) is 0 Å². The summed E-state index contributed by atoms with van der Waals surface area (Å²) in [5.74, 6) is -5.24. The molecule has 8 nitrogen and oxygen atoms in total. The van der Waals surface area contributed by atoms with Gasteiger partial charge in [-0.15, -0.1) is 0 Å². The van der Waals surface area contributed by atoms with Crippen molar-refractivity contribution in [3.8, 4) is 0 Å². The molecule has 9 heteroatoms. The second-order valence-corrected chi connectivity index (χ2v) is 5.57. The first-order valence-corrected chi connectivity index (χ1v) is 7.04. The molecule has 1 atom stereocenters. The van der Waals surface area contributed by atoms with E-state index in [9.17, 15) is 19.2 Å². The lowest BCUT2D eigenvalue weighted by Gasteiger charge is -2.13. The molecule has 0 saturated heterocycles. The maximum absolute atomic E-state index is 12.1. The number of carboxylic acid groups (broad SMARTS) is 3. The number of hydrogen-bond donors (Lipinski definition) is 3. The molecule has 23 heavy (non-hydrogen) atoms. The Morgan fingerprint density at radius 2 is 1.83 bits per heavy atom. The Bertz CT molecular complexity index is 887. The Kier molecular flexibility index (Phi) is 4.50. The third kappa shape index (κ3) is 3.24. The molecule has 2 aromatic heterocycles. The van der Waals surface area contributed by atoms with Crippen LogP contribution in [0, 0.1) is 0 Å². The molecule has 0 aromatic carbocycles. The number of pyridine rings is 2. The molecule has 0 bridgehead atoms. The van der Waals surface area contributed by atoms with Crippen molar-refractivity contribution in [1.82, 2.24) is 4.40 Å². The van der Waals surface area contributed by atoms with Gasteiger partial charge in [-0.2, -0.15) is 0 Å². The molecule has 0 aliphatic carbocycles. The number of hydrogen-bond acceptors (Lipinski definition) is 4. The zero-order chi connectivity index (χ0) is 17.3. The third-order valence-corrected chi connectivity index (χ3v) is 3.89. The smallest absolute Gasteiger partial charge is 0.341 e. The number of fused-ring (bicyclic) bond motifs is 1. The predicted molar refractivity (Wildman–Crippen MR) is 81.0 cm³/mol. The van der Waals surface area contributed by atoms with E-state index in [2.05, 4.69) is 15.9 Å². The summed E-state index contributed by atoms with van der Waals surface area (Å²) in [5.41, 5.74) is -0.771. The van der Waals surface area contributed by atoms with Gasteiger partial charge in [0.05, 0.1) is 17.9 Å². The summed E-state index contributed by atoms with van der Waals surface area (Å²) in [6.45, 7) is 0. The summed E-state index contributed by atoms with van der Waals surface area (Å²) < 4.78 is 1.33. The fourth-order valence-electron chi connectivity index (χ4n) is 2.16. The van der Waals surface area contributed by atoms with Gasteiger partial charge >= 0.3 is 17.9 Å². The molecule has 0 aliphatic heterocycles. The molecule has 120 valence electrons. The Hall–Kier alpha value is -2.68. The molecule has 3 N–H and O–H groups in total. The quantitative estimate of drug-likeness (QED) is 0.710. The van der Waals surface area contributed by atoms with E-state index >= 15 is 0 Å². The topological polar surface area (TPSA) is 133 Å². The lowest BCUT2D eigenvalue weighted by atomic mass is 9.96. The van der Waals surface area contributed by atoms with Crippen LogP contribution in [0.25, 0.3) is 5.52 Å². The average Bonchev–Trinajstić information content (AvgIpc) is 2.47. The minimum absolute atomic E-state index is 0.197.